The lowest BCUT2D eigenvalue weighted by Gasteiger charge is -2.42. The van der Waals surface area contributed by atoms with Gasteiger partial charge in [-0.1, -0.05) is 6.42 Å². The number of rotatable bonds is 5. The van der Waals surface area contributed by atoms with E-state index in [2.05, 4.69) is 20.3 Å². The normalized spacial score (nSPS) is 16.9. The minimum Gasteiger partial charge on any atom is -0.369 e. The van der Waals surface area contributed by atoms with Gasteiger partial charge in [0.15, 0.2) is 0 Å². The molecule has 1 saturated carbocycles. The lowest BCUT2D eigenvalue weighted by molar-refractivity contribution is 0.0318. The Hall–Kier alpha value is -2.05. The van der Waals surface area contributed by atoms with Crippen LogP contribution in [0.2, 0.25) is 0 Å². The summed E-state index contributed by atoms with van der Waals surface area (Å²) >= 11 is 0. The van der Waals surface area contributed by atoms with Crippen LogP contribution in [0.5, 0.6) is 0 Å². The van der Waals surface area contributed by atoms with Crippen LogP contribution in [0.4, 0.5) is 14.6 Å². The maximum atomic E-state index is 12.6. The van der Waals surface area contributed by atoms with Crippen molar-refractivity contribution in [2.75, 3.05) is 11.9 Å². The van der Waals surface area contributed by atoms with Crippen molar-refractivity contribution >= 4 is 16.7 Å². The highest BCUT2D eigenvalue weighted by Crippen LogP contribution is 2.45. The molecular formula is C14H16F2N4O. The summed E-state index contributed by atoms with van der Waals surface area (Å²) < 4.78 is 25.3. The van der Waals surface area contributed by atoms with E-state index >= 15 is 0 Å². The van der Waals surface area contributed by atoms with Crippen LogP contribution in [0.25, 0.3) is 10.9 Å². The maximum Gasteiger partial charge on any atom is 0.260 e. The Bertz CT molecular complexity index is 697. The Kier molecular flexibility index (Phi) is 3.57. The summed E-state index contributed by atoms with van der Waals surface area (Å²) in [6, 6.07) is 1.67. The second kappa shape index (κ2) is 5.38. The number of halogens is 2. The van der Waals surface area contributed by atoms with E-state index in [-0.39, 0.29) is 17.4 Å². The fraction of sp³-hybridized carbons (Fsp3) is 0.500. The molecule has 1 aliphatic rings. The predicted octanol–water partition coefficient (Wildman–Crippen LogP) is 2.56. The van der Waals surface area contributed by atoms with E-state index in [0.29, 0.717) is 23.3 Å². The van der Waals surface area contributed by atoms with Gasteiger partial charge >= 0.3 is 0 Å². The molecule has 0 aliphatic heterocycles. The van der Waals surface area contributed by atoms with Crippen LogP contribution in [0.1, 0.15) is 25.7 Å². The molecule has 2 aromatic heterocycles. The van der Waals surface area contributed by atoms with E-state index in [1.54, 1.807) is 6.07 Å². The van der Waals surface area contributed by atoms with Crippen molar-refractivity contribution in [2.24, 2.45) is 5.41 Å². The Morgan fingerprint density at radius 2 is 2.19 bits per heavy atom. The van der Waals surface area contributed by atoms with Gasteiger partial charge in [-0.2, -0.15) is 0 Å². The van der Waals surface area contributed by atoms with E-state index in [4.69, 9.17) is 0 Å². The van der Waals surface area contributed by atoms with Gasteiger partial charge in [0.2, 0.25) is 6.43 Å². The van der Waals surface area contributed by atoms with Crippen molar-refractivity contribution in [2.45, 2.75) is 32.1 Å². The van der Waals surface area contributed by atoms with E-state index < -0.39 is 6.43 Å². The Labute approximate surface area is 119 Å². The zero-order valence-corrected chi connectivity index (χ0v) is 11.4. The van der Waals surface area contributed by atoms with Gasteiger partial charge in [-0.05, 0) is 18.3 Å². The van der Waals surface area contributed by atoms with Gasteiger partial charge in [-0.25, -0.2) is 18.7 Å². The monoisotopic (exact) mass is 294 g/mol. The topological polar surface area (TPSA) is 70.7 Å². The summed E-state index contributed by atoms with van der Waals surface area (Å²) in [5.41, 5.74) is -0.0353. The fourth-order valence-electron chi connectivity index (χ4n) is 2.80. The first-order chi connectivity index (χ1) is 10.1. The lowest BCUT2D eigenvalue weighted by Crippen LogP contribution is -2.38. The molecule has 0 saturated heterocycles. The van der Waals surface area contributed by atoms with Crippen LogP contribution in [0.15, 0.2) is 23.4 Å². The SMILES string of the molecule is O=c1[nH]cnc2cc(NCC3(CC(F)F)CCC3)ncc12. The zero-order chi connectivity index (χ0) is 14.9. The first-order valence-electron chi connectivity index (χ1n) is 6.93. The largest absolute Gasteiger partial charge is 0.369 e. The van der Waals surface area contributed by atoms with Gasteiger partial charge in [-0.3, -0.25) is 4.79 Å². The highest BCUT2D eigenvalue weighted by atomic mass is 19.3. The number of anilines is 1. The number of aromatic nitrogens is 3. The fourth-order valence-corrected chi connectivity index (χ4v) is 2.80. The van der Waals surface area contributed by atoms with Gasteiger partial charge < -0.3 is 10.3 Å². The van der Waals surface area contributed by atoms with Gasteiger partial charge in [0.05, 0.1) is 17.2 Å². The molecule has 5 nitrogen and oxygen atoms in total. The smallest absolute Gasteiger partial charge is 0.260 e. The van der Waals surface area contributed by atoms with E-state index in [1.807, 2.05) is 0 Å². The molecule has 2 N–H and O–H groups in total. The zero-order valence-electron chi connectivity index (χ0n) is 11.4. The van der Waals surface area contributed by atoms with Crippen LogP contribution in [0.3, 0.4) is 0 Å². The summed E-state index contributed by atoms with van der Waals surface area (Å²) in [7, 11) is 0. The minimum atomic E-state index is -2.28. The number of H-pyrrole nitrogens is 1. The highest BCUT2D eigenvalue weighted by molar-refractivity contribution is 5.78. The number of nitrogens with zero attached hydrogens (tertiary/aromatic N) is 2. The first kappa shape index (κ1) is 13.9. The summed E-state index contributed by atoms with van der Waals surface area (Å²) in [5.74, 6) is 0.557. The van der Waals surface area contributed by atoms with Crippen LogP contribution in [-0.2, 0) is 0 Å². The number of alkyl halides is 2. The molecule has 2 heterocycles. The van der Waals surface area contributed by atoms with Crippen LogP contribution in [0, 0.1) is 5.41 Å². The Morgan fingerprint density at radius 3 is 2.86 bits per heavy atom. The molecule has 0 amide bonds. The summed E-state index contributed by atoms with van der Waals surface area (Å²) in [5, 5.41) is 3.52. The average molecular weight is 294 g/mol. The molecule has 2 aromatic rings. The highest BCUT2D eigenvalue weighted by Gasteiger charge is 2.39. The summed E-state index contributed by atoms with van der Waals surface area (Å²) in [6.45, 7) is 0.471. The number of fused-ring (bicyclic) bond motifs is 1. The molecule has 0 radical (unpaired) electrons. The van der Waals surface area contributed by atoms with Crippen LogP contribution in [-0.4, -0.2) is 27.9 Å². The molecule has 21 heavy (non-hydrogen) atoms. The van der Waals surface area contributed by atoms with Gasteiger partial charge in [0.1, 0.15) is 5.82 Å². The molecule has 0 bridgehead atoms. The Balaban J connectivity index is 1.75. The third-order valence-corrected chi connectivity index (χ3v) is 4.17. The maximum absolute atomic E-state index is 12.6. The van der Waals surface area contributed by atoms with Crippen LogP contribution >= 0.6 is 0 Å². The number of hydrogen-bond donors (Lipinski definition) is 2. The molecular weight excluding hydrogens is 278 g/mol. The van der Waals surface area contributed by atoms with E-state index in [0.717, 1.165) is 19.3 Å². The molecule has 0 aromatic carbocycles. The van der Waals surface area contributed by atoms with E-state index in [9.17, 15) is 13.6 Å². The third-order valence-electron chi connectivity index (χ3n) is 4.17. The number of hydrogen-bond acceptors (Lipinski definition) is 4. The van der Waals surface area contributed by atoms with Crippen molar-refractivity contribution in [1.29, 1.82) is 0 Å². The molecule has 1 aliphatic carbocycles. The van der Waals surface area contributed by atoms with Crippen molar-refractivity contribution < 1.29 is 8.78 Å². The second-order valence-corrected chi connectivity index (χ2v) is 5.62. The molecule has 0 unspecified atom stereocenters. The Morgan fingerprint density at radius 1 is 1.38 bits per heavy atom. The van der Waals surface area contributed by atoms with Crippen molar-refractivity contribution in [3.05, 3.63) is 28.9 Å². The van der Waals surface area contributed by atoms with Crippen LogP contribution < -0.4 is 10.9 Å². The number of aromatic amines is 1. The quantitative estimate of drug-likeness (QED) is 0.889. The van der Waals surface area contributed by atoms with E-state index in [1.165, 1.54) is 12.5 Å². The van der Waals surface area contributed by atoms with Gasteiger partial charge in [0.25, 0.3) is 5.56 Å². The molecule has 3 rings (SSSR count). The second-order valence-electron chi connectivity index (χ2n) is 5.62. The van der Waals surface area contributed by atoms with Gasteiger partial charge in [-0.15, -0.1) is 0 Å². The standard InChI is InChI=1S/C14H16F2N4O/c15-11(16)5-14(2-1-3-14)7-18-12-4-10-9(6-17-12)13(21)20-8-19-10/h4,6,8,11H,1-3,5,7H2,(H,17,18)(H,19,20,21). The summed E-state index contributed by atoms with van der Waals surface area (Å²) in [4.78, 5) is 22.2. The average Bonchev–Trinajstić information content (AvgIpc) is 2.41. The molecule has 0 spiro atoms. The predicted molar refractivity (Wildman–Crippen MR) is 75.6 cm³/mol. The van der Waals surface area contributed by atoms with Crippen molar-refractivity contribution in [3.63, 3.8) is 0 Å². The van der Waals surface area contributed by atoms with Gasteiger partial charge in [0, 0.05) is 25.2 Å². The third kappa shape index (κ3) is 2.86. The summed E-state index contributed by atoms with van der Waals surface area (Å²) in [6.07, 6.45) is 3.05. The molecule has 0 atom stereocenters. The minimum absolute atomic E-state index is 0.0779. The first-order valence-corrected chi connectivity index (χ1v) is 6.93. The number of pyridine rings is 1. The van der Waals surface area contributed by atoms with Crippen molar-refractivity contribution in [3.8, 4) is 0 Å². The molecule has 7 heteroatoms. The molecule has 112 valence electrons. The lowest BCUT2D eigenvalue weighted by atomic mass is 9.66. The molecule has 1 fully saturated rings. The van der Waals surface area contributed by atoms with Crippen molar-refractivity contribution in [1.82, 2.24) is 15.0 Å². The number of nitrogens with one attached hydrogen (secondary N) is 2.